The lowest BCUT2D eigenvalue weighted by atomic mass is 10.1. The number of aromatic nitrogens is 3. The van der Waals surface area contributed by atoms with E-state index in [1.807, 2.05) is 13.8 Å². The van der Waals surface area contributed by atoms with Crippen LogP contribution in [-0.4, -0.2) is 18.8 Å². The minimum Gasteiger partial charge on any atom is -0.249 e. The van der Waals surface area contributed by atoms with Gasteiger partial charge in [-0.15, -0.1) is 5.10 Å². The van der Waals surface area contributed by atoms with Crippen molar-refractivity contribution in [3.05, 3.63) is 11.4 Å². The first-order chi connectivity index (χ1) is 7.09. The Hall–Kier alpha value is 0.590. The molecule has 0 saturated carbocycles. The molecule has 0 fully saturated rings. The Morgan fingerprint density at radius 3 is 2.00 bits per heavy atom. The zero-order valence-corrected chi connectivity index (χ0v) is 12.6. The molecule has 3 nitrogen and oxygen atoms in total. The third kappa shape index (κ3) is 2.54. The van der Waals surface area contributed by atoms with E-state index in [0.29, 0.717) is 11.4 Å². The van der Waals surface area contributed by atoms with Crippen molar-refractivity contribution in [3.63, 3.8) is 0 Å². The molecule has 92 valence electrons. The first-order valence-corrected chi connectivity index (χ1v) is 6.32. The van der Waals surface area contributed by atoms with Gasteiger partial charge in [0.1, 0.15) is 5.69 Å². The highest BCUT2D eigenvalue weighted by atomic mass is 35.6. The Balaban J connectivity index is 3.37. The average Bonchev–Trinajstić information content (AvgIpc) is 2.45. The summed E-state index contributed by atoms with van der Waals surface area (Å²) >= 11 is 29.5. The van der Waals surface area contributed by atoms with Crippen molar-refractivity contribution in [2.45, 2.75) is 27.9 Å². The quantitative estimate of drug-likeness (QED) is 0.771. The fourth-order valence-corrected chi connectivity index (χ4v) is 1.97. The highest BCUT2D eigenvalue weighted by Crippen LogP contribution is 2.53. The lowest BCUT2D eigenvalue weighted by Crippen LogP contribution is -2.32. The van der Waals surface area contributed by atoms with Gasteiger partial charge in [-0.25, -0.2) is 4.68 Å². The molecule has 1 aromatic heterocycles. The van der Waals surface area contributed by atoms with Crippen LogP contribution in [0.25, 0.3) is 0 Å². The maximum Gasteiger partial charge on any atom is 0.228 e. The largest absolute Gasteiger partial charge is 0.249 e. The average molecular weight is 325 g/mol. The summed E-state index contributed by atoms with van der Waals surface area (Å²) in [6.07, 6.45) is 0. The van der Waals surface area contributed by atoms with E-state index >= 15 is 0 Å². The molecule has 1 rings (SSSR count). The van der Waals surface area contributed by atoms with Gasteiger partial charge >= 0.3 is 0 Å². The molecule has 0 amide bonds. The molecule has 0 unspecified atom stereocenters. The van der Waals surface area contributed by atoms with Gasteiger partial charge in [0.2, 0.25) is 8.13 Å². The first-order valence-electron chi connectivity index (χ1n) is 4.43. The van der Waals surface area contributed by atoms with E-state index in [9.17, 15) is 0 Å². The molecule has 0 aromatic carbocycles. The smallest absolute Gasteiger partial charge is 0.228 e. The van der Waals surface area contributed by atoms with Crippen molar-refractivity contribution in [2.75, 3.05) is 0 Å². The summed E-state index contributed by atoms with van der Waals surface area (Å²) in [6.45, 7) is 3.85. The van der Waals surface area contributed by atoms with Crippen LogP contribution in [0.2, 0.25) is 0 Å². The highest BCUT2D eigenvalue weighted by molar-refractivity contribution is 6.75. The maximum absolute atomic E-state index is 6.10. The van der Waals surface area contributed by atoms with E-state index in [1.54, 1.807) is 7.05 Å². The van der Waals surface area contributed by atoms with Crippen LogP contribution in [0.1, 0.15) is 31.2 Å². The molecule has 16 heavy (non-hydrogen) atoms. The fourth-order valence-electron chi connectivity index (χ4n) is 1.26. The van der Waals surface area contributed by atoms with Crippen LogP contribution in [0.4, 0.5) is 0 Å². The maximum atomic E-state index is 6.10. The zero-order chi connectivity index (χ0) is 12.7. The van der Waals surface area contributed by atoms with Crippen LogP contribution in [0.3, 0.4) is 0 Å². The van der Waals surface area contributed by atoms with Gasteiger partial charge in [-0.2, -0.15) is 0 Å². The van der Waals surface area contributed by atoms with E-state index in [1.165, 1.54) is 4.68 Å². The van der Waals surface area contributed by atoms with Crippen molar-refractivity contribution >= 4 is 58.0 Å². The van der Waals surface area contributed by atoms with Gasteiger partial charge in [-0.3, -0.25) is 0 Å². The Labute approximate surface area is 119 Å². The molecule has 0 saturated heterocycles. The summed E-state index contributed by atoms with van der Waals surface area (Å²) in [5.74, 6) is 0.0768. The Kier molecular flexibility index (Phi) is 4.30. The van der Waals surface area contributed by atoms with Gasteiger partial charge in [0.15, 0.2) is 0 Å². The molecular formula is C8H10Cl5N3. The van der Waals surface area contributed by atoms with Crippen LogP contribution in [0.15, 0.2) is 0 Å². The van der Waals surface area contributed by atoms with E-state index in [-0.39, 0.29) is 5.92 Å². The van der Waals surface area contributed by atoms with Crippen LogP contribution < -0.4 is 0 Å². The molecule has 0 N–H and O–H groups in total. The van der Waals surface area contributed by atoms with Gasteiger partial charge < -0.3 is 0 Å². The Morgan fingerprint density at radius 2 is 1.62 bits per heavy atom. The second-order valence-electron chi connectivity index (χ2n) is 3.67. The number of hydrogen-bond acceptors (Lipinski definition) is 2. The molecule has 0 radical (unpaired) electrons. The number of nitrogens with zero attached hydrogens (tertiary/aromatic N) is 3. The van der Waals surface area contributed by atoms with Gasteiger partial charge in [-0.05, 0) is 5.92 Å². The molecular weight excluding hydrogens is 315 g/mol. The summed E-state index contributed by atoms with van der Waals surface area (Å²) in [6, 6.07) is 0. The third-order valence-electron chi connectivity index (χ3n) is 2.05. The number of halogens is 5. The highest BCUT2D eigenvalue weighted by Gasteiger charge is 2.51. The minimum absolute atomic E-state index is 0.0768. The molecule has 8 heteroatoms. The summed E-state index contributed by atoms with van der Waals surface area (Å²) in [5, 5.41) is 7.80. The van der Waals surface area contributed by atoms with E-state index < -0.39 is 8.13 Å². The second kappa shape index (κ2) is 4.69. The third-order valence-corrected chi connectivity index (χ3v) is 4.41. The molecule has 0 atom stereocenters. The van der Waals surface area contributed by atoms with Crippen molar-refractivity contribution in [1.82, 2.24) is 15.0 Å². The topological polar surface area (TPSA) is 30.7 Å². The van der Waals surface area contributed by atoms with Crippen LogP contribution in [0.5, 0.6) is 0 Å². The summed E-state index contributed by atoms with van der Waals surface area (Å²) < 4.78 is -2.15. The lowest BCUT2D eigenvalue weighted by molar-refractivity contribution is 0.649. The number of alkyl halides is 5. The monoisotopic (exact) mass is 323 g/mol. The summed E-state index contributed by atoms with van der Waals surface area (Å²) in [7, 11) is 1.64. The zero-order valence-electron chi connectivity index (χ0n) is 8.81. The molecule has 1 heterocycles. The van der Waals surface area contributed by atoms with Gasteiger partial charge in [0, 0.05) is 7.05 Å². The van der Waals surface area contributed by atoms with E-state index in [4.69, 9.17) is 58.0 Å². The number of aryl methyl sites for hydroxylation is 1. The number of rotatable bonds is 2. The van der Waals surface area contributed by atoms with Crippen molar-refractivity contribution in [2.24, 2.45) is 7.05 Å². The van der Waals surface area contributed by atoms with Crippen LogP contribution in [-0.2, 0) is 11.4 Å². The lowest BCUT2D eigenvalue weighted by Gasteiger charge is -2.28. The summed E-state index contributed by atoms with van der Waals surface area (Å²) in [4.78, 5) is 0. The van der Waals surface area contributed by atoms with Crippen molar-refractivity contribution in [1.29, 1.82) is 0 Å². The standard InChI is InChI=1S/C8H10Cl5N3/c1-4(2)5-6(16(3)15-14-5)7(9,10)8(11,12)13/h4H,1-3H3. The minimum atomic E-state index is -1.87. The number of hydrogen-bond donors (Lipinski definition) is 0. The Morgan fingerprint density at radius 1 is 1.12 bits per heavy atom. The predicted molar refractivity (Wildman–Crippen MR) is 68.8 cm³/mol. The van der Waals surface area contributed by atoms with Gasteiger partial charge in [0.25, 0.3) is 0 Å². The fraction of sp³-hybridized carbons (Fsp3) is 0.750. The van der Waals surface area contributed by atoms with Crippen molar-refractivity contribution < 1.29 is 0 Å². The summed E-state index contributed by atoms with van der Waals surface area (Å²) in [5.41, 5.74) is 1.00. The van der Waals surface area contributed by atoms with Crippen molar-refractivity contribution in [3.8, 4) is 0 Å². The Bertz CT molecular complexity index is 380. The SMILES string of the molecule is CC(C)c1nnn(C)c1C(Cl)(Cl)C(Cl)(Cl)Cl. The molecule has 0 aliphatic heterocycles. The molecule has 0 aliphatic carbocycles. The van der Waals surface area contributed by atoms with Crippen LogP contribution >= 0.6 is 58.0 Å². The molecule has 0 aliphatic rings. The van der Waals surface area contributed by atoms with Gasteiger partial charge in [-0.1, -0.05) is 77.1 Å². The molecule has 0 bridgehead atoms. The van der Waals surface area contributed by atoms with Crippen LogP contribution in [0, 0.1) is 0 Å². The molecule has 1 aromatic rings. The van der Waals surface area contributed by atoms with E-state index in [0.717, 1.165) is 0 Å². The normalized spacial score (nSPS) is 13.6. The first kappa shape index (κ1) is 14.7. The predicted octanol–water partition coefficient (Wildman–Crippen LogP) is 3.94. The van der Waals surface area contributed by atoms with E-state index in [2.05, 4.69) is 10.3 Å². The van der Waals surface area contributed by atoms with Gasteiger partial charge in [0.05, 0.1) is 5.69 Å². The molecule has 0 spiro atoms. The second-order valence-corrected chi connectivity index (χ2v) is 7.28.